The van der Waals surface area contributed by atoms with E-state index in [9.17, 15) is 9.90 Å². The van der Waals surface area contributed by atoms with Crippen molar-refractivity contribution in [2.24, 2.45) is 5.92 Å². The van der Waals surface area contributed by atoms with Gasteiger partial charge in [0.1, 0.15) is 5.54 Å². The molecule has 0 aromatic carbocycles. The van der Waals surface area contributed by atoms with Crippen LogP contribution in [0.2, 0.25) is 0 Å². The number of carboxylic acid groups (broad SMARTS) is 1. The molecule has 0 aromatic heterocycles. The minimum Gasteiger partial charge on any atom is -0.480 e. The van der Waals surface area contributed by atoms with E-state index in [2.05, 4.69) is 31.1 Å². The van der Waals surface area contributed by atoms with E-state index >= 15 is 0 Å². The van der Waals surface area contributed by atoms with E-state index < -0.39 is 11.5 Å². The summed E-state index contributed by atoms with van der Waals surface area (Å²) in [7, 11) is 3.88. The van der Waals surface area contributed by atoms with Gasteiger partial charge in [0.15, 0.2) is 0 Å². The predicted molar refractivity (Wildman–Crippen MR) is 83.0 cm³/mol. The van der Waals surface area contributed by atoms with Gasteiger partial charge in [0.05, 0.1) is 0 Å². The van der Waals surface area contributed by atoms with Crippen LogP contribution in [0.25, 0.3) is 0 Å². The van der Waals surface area contributed by atoms with Crippen molar-refractivity contribution < 1.29 is 9.90 Å². The molecule has 2 atom stereocenters. The fourth-order valence-electron chi connectivity index (χ4n) is 3.35. The highest BCUT2D eigenvalue weighted by Gasteiger charge is 2.35. The third kappa shape index (κ3) is 4.19. The zero-order valence-electron chi connectivity index (χ0n) is 13.8. The molecule has 0 aromatic rings. The number of nitrogens with zero attached hydrogens (tertiary/aromatic N) is 1. The summed E-state index contributed by atoms with van der Waals surface area (Å²) in [4.78, 5) is 13.8. The Morgan fingerprint density at radius 1 is 1.40 bits per heavy atom. The quantitative estimate of drug-likeness (QED) is 0.755. The van der Waals surface area contributed by atoms with E-state index in [4.69, 9.17) is 0 Å². The lowest BCUT2D eigenvalue weighted by atomic mass is 9.83. The van der Waals surface area contributed by atoms with Crippen molar-refractivity contribution in [1.29, 1.82) is 0 Å². The first-order chi connectivity index (χ1) is 9.34. The maximum atomic E-state index is 11.4. The van der Waals surface area contributed by atoms with Crippen LogP contribution in [0, 0.1) is 5.92 Å². The molecule has 0 heterocycles. The van der Waals surface area contributed by atoms with E-state index in [1.807, 2.05) is 0 Å². The van der Waals surface area contributed by atoms with E-state index in [-0.39, 0.29) is 6.04 Å². The van der Waals surface area contributed by atoms with E-state index in [0.29, 0.717) is 12.5 Å². The van der Waals surface area contributed by atoms with Crippen LogP contribution < -0.4 is 5.32 Å². The van der Waals surface area contributed by atoms with Gasteiger partial charge in [-0.05, 0) is 66.0 Å². The van der Waals surface area contributed by atoms with Crippen LogP contribution in [0.15, 0.2) is 0 Å². The molecular formula is C16H32N2O2. The fourth-order valence-corrected chi connectivity index (χ4v) is 3.35. The van der Waals surface area contributed by atoms with Crippen LogP contribution in [-0.2, 0) is 4.79 Å². The Morgan fingerprint density at radius 2 is 1.95 bits per heavy atom. The summed E-state index contributed by atoms with van der Waals surface area (Å²) in [5, 5.41) is 12.3. The molecule has 1 saturated carbocycles. The number of hydrogen-bond acceptors (Lipinski definition) is 3. The van der Waals surface area contributed by atoms with E-state index in [1.54, 1.807) is 14.0 Å². The normalized spacial score (nSPS) is 28.1. The SMILES string of the molecule is CCC1CCC(N(C)C(C)CC(C)(NC)C(=O)O)CC1. The summed E-state index contributed by atoms with van der Waals surface area (Å²) in [6.45, 7) is 6.20. The number of nitrogens with one attached hydrogen (secondary N) is 1. The maximum Gasteiger partial charge on any atom is 0.323 e. The molecule has 0 aliphatic heterocycles. The number of hydrogen-bond donors (Lipinski definition) is 2. The van der Waals surface area contributed by atoms with Crippen molar-refractivity contribution in [3.8, 4) is 0 Å². The highest BCUT2D eigenvalue weighted by molar-refractivity contribution is 5.78. The Balaban J connectivity index is 2.55. The third-order valence-corrected chi connectivity index (χ3v) is 5.39. The molecule has 2 unspecified atom stereocenters. The fraction of sp³-hybridized carbons (Fsp3) is 0.938. The maximum absolute atomic E-state index is 11.4. The van der Waals surface area contributed by atoms with Gasteiger partial charge in [-0.1, -0.05) is 13.3 Å². The molecule has 0 amide bonds. The number of carbonyl (C=O) groups is 1. The van der Waals surface area contributed by atoms with Crippen LogP contribution in [0.1, 0.15) is 59.3 Å². The molecule has 2 N–H and O–H groups in total. The summed E-state index contributed by atoms with van der Waals surface area (Å²) in [5.41, 5.74) is -0.839. The standard InChI is InChI=1S/C16H32N2O2/c1-6-13-7-9-14(10-8-13)18(5)12(2)11-16(3,17-4)15(19)20/h12-14,17H,6-11H2,1-5H3,(H,19,20). The zero-order chi connectivity index (χ0) is 15.3. The molecule has 4 nitrogen and oxygen atoms in total. The van der Waals surface area contributed by atoms with Crippen LogP contribution >= 0.6 is 0 Å². The second-order valence-electron chi connectivity index (χ2n) is 6.69. The molecule has 4 heteroatoms. The summed E-state index contributed by atoms with van der Waals surface area (Å²) in [6.07, 6.45) is 7.07. The lowest BCUT2D eigenvalue weighted by Gasteiger charge is -2.40. The topological polar surface area (TPSA) is 52.6 Å². The van der Waals surface area contributed by atoms with Crippen LogP contribution in [0.3, 0.4) is 0 Å². The Hall–Kier alpha value is -0.610. The average Bonchev–Trinajstić information content (AvgIpc) is 2.46. The zero-order valence-corrected chi connectivity index (χ0v) is 13.8. The number of likely N-dealkylation sites (N-methyl/N-ethyl adjacent to an activating group) is 1. The summed E-state index contributed by atoms with van der Waals surface area (Å²) < 4.78 is 0. The smallest absolute Gasteiger partial charge is 0.323 e. The van der Waals surface area contributed by atoms with Gasteiger partial charge in [0, 0.05) is 12.1 Å². The van der Waals surface area contributed by atoms with Crippen molar-refractivity contribution in [2.45, 2.75) is 76.9 Å². The van der Waals surface area contributed by atoms with Gasteiger partial charge in [-0.2, -0.15) is 0 Å². The minimum atomic E-state index is -0.839. The predicted octanol–water partition coefficient (Wildman–Crippen LogP) is 2.73. The van der Waals surface area contributed by atoms with Crippen molar-refractivity contribution in [2.75, 3.05) is 14.1 Å². The molecule has 1 aliphatic rings. The summed E-state index contributed by atoms with van der Waals surface area (Å²) >= 11 is 0. The van der Waals surface area contributed by atoms with Crippen LogP contribution in [0.5, 0.6) is 0 Å². The van der Waals surface area contributed by atoms with Gasteiger partial charge in [0.25, 0.3) is 0 Å². The molecule has 0 bridgehead atoms. The molecule has 1 fully saturated rings. The average molecular weight is 284 g/mol. The lowest BCUT2D eigenvalue weighted by molar-refractivity contribution is -0.144. The van der Waals surface area contributed by atoms with Gasteiger partial charge >= 0.3 is 5.97 Å². The second-order valence-corrected chi connectivity index (χ2v) is 6.69. The minimum absolute atomic E-state index is 0.270. The first kappa shape index (κ1) is 17.4. The highest BCUT2D eigenvalue weighted by atomic mass is 16.4. The monoisotopic (exact) mass is 284 g/mol. The Labute approximate surface area is 123 Å². The van der Waals surface area contributed by atoms with Crippen LogP contribution in [0.4, 0.5) is 0 Å². The number of rotatable bonds is 7. The molecule has 1 rings (SSSR count). The molecule has 0 saturated heterocycles. The van der Waals surface area contributed by atoms with Gasteiger partial charge in [0.2, 0.25) is 0 Å². The van der Waals surface area contributed by atoms with Crippen molar-refractivity contribution in [1.82, 2.24) is 10.2 Å². The van der Waals surface area contributed by atoms with E-state index in [0.717, 1.165) is 5.92 Å². The van der Waals surface area contributed by atoms with Gasteiger partial charge in [-0.3, -0.25) is 4.79 Å². The Bertz CT molecular complexity index is 314. The molecule has 20 heavy (non-hydrogen) atoms. The number of carboxylic acids is 1. The molecule has 0 spiro atoms. The molecule has 1 aliphatic carbocycles. The summed E-state index contributed by atoms with van der Waals surface area (Å²) in [5.74, 6) is 0.131. The summed E-state index contributed by atoms with van der Waals surface area (Å²) in [6, 6.07) is 0.884. The van der Waals surface area contributed by atoms with Gasteiger partial charge in [-0.25, -0.2) is 0 Å². The van der Waals surface area contributed by atoms with Crippen molar-refractivity contribution in [3.63, 3.8) is 0 Å². The number of aliphatic carboxylic acids is 1. The van der Waals surface area contributed by atoms with Crippen molar-refractivity contribution in [3.05, 3.63) is 0 Å². The Morgan fingerprint density at radius 3 is 2.35 bits per heavy atom. The second kappa shape index (κ2) is 7.41. The molecule has 0 radical (unpaired) electrons. The van der Waals surface area contributed by atoms with Gasteiger partial charge in [-0.15, -0.1) is 0 Å². The van der Waals surface area contributed by atoms with E-state index in [1.165, 1.54) is 32.1 Å². The lowest BCUT2D eigenvalue weighted by Crippen LogP contribution is -2.53. The first-order valence-electron chi connectivity index (χ1n) is 7.98. The van der Waals surface area contributed by atoms with Crippen molar-refractivity contribution >= 4 is 5.97 Å². The first-order valence-corrected chi connectivity index (χ1v) is 7.98. The third-order valence-electron chi connectivity index (χ3n) is 5.39. The molecule has 118 valence electrons. The molecular weight excluding hydrogens is 252 g/mol. The van der Waals surface area contributed by atoms with Crippen LogP contribution in [-0.4, -0.2) is 47.7 Å². The largest absolute Gasteiger partial charge is 0.480 e. The van der Waals surface area contributed by atoms with Gasteiger partial charge < -0.3 is 15.3 Å². The highest BCUT2D eigenvalue weighted by Crippen LogP contribution is 2.30. The Kier molecular flexibility index (Phi) is 6.46.